The van der Waals surface area contributed by atoms with E-state index in [2.05, 4.69) is 58.7 Å². The van der Waals surface area contributed by atoms with Gasteiger partial charge in [-0.2, -0.15) is 0 Å². The first-order chi connectivity index (χ1) is 8.90. The summed E-state index contributed by atoms with van der Waals surface area (Å²) in [5.41, 5.74) is 2.48. The number of halogens is 1. The summed E-state index contributed by atoms with van der Waals surface area (Å²) in [4.78, 5) is 0. The van der Waals surface area contributed by atoms with E-state index in [4.69, 9.17) is 4.74 Å². The molecule has 0 atom stereocenters. The van der Waals surface area contributed by atoms with Crippen LogP contribution in [0, 0.1) is 0 Å². The maximum absolute atomic E-state index is 5.14. The van der Waals surface area contributed by atoms with E-state index in [-0.39, 0.29) is 12.4 Å². The van der Waals surface area contributed by atoms with E-state index >= 15 is 0 Å². The predicted octanol–water partition coefficient (Wildman–Crippen LogP) is -1.16. The molecule has 1 aromatic heterocycles. The van der Waals surface area contributed by atoms with Crippen molar-refractivity contribution in [2.45, 2.75) is 12.6 Å². The van der Waals surface area contributed by atoms with Crippen LogP contribution in [-0.2, 0) is 11.3 Å². The molecular weight excluding hydrogens is 260 g/mol. The fourth-order valence-electron chi connectivity index (χ4n) is 2.01. The molecule has 4 heteroatoms. The lowest BCUT2D eigenvalue weighted by Gasteiger charge is -2.27. The van der Waals surface area contributed by atoms with Gasteiger partial charge in [-0.1, -0.05) is 30.3 Å². The van der Waals surface area contributed by atoms with Crippen molar-refractivity contribution in [3.63, 3.8) is 0 Å². The monoisotopic (exact) mass is 276 g/mol. The molecule has 3 rings (SSSR count). The zero-order valence-corrected chi connectivity index (χ0v) is 11.4. The third-order valence-electron chi connectivity index (χ3n) is 3.11. The fraction of sp³-hybridized carbons (Fsp3) is 0.267. The van der Waals surface area contributed by atoms with E-state index in [0.29, 0.717) is 6.04 Å². The van der Waals surface area contributed by atoms with Gasteiger partial charge in [0.2, 0.25) is 0 Å². The highest BCUT2D eigenvalue weighted by molar-refractivity contribution is 5.41. The topological polar surface area (TPSA) is 25.1 Å². The molecule has 0 bridgehead atoms. The molecule has 2 aromatic rings. The average molecular weight is 277 g/mol. The Bertz CT molecular complexity index is 497. The molecule has 0 unspecified atom stereocenters. The molecule has 19 heavy (non-hydrogen) atoms. The molecule has 2 heterocycles. The second kappa shape index (κ2) is 6.55. The minimum Gasteiger partial charge on any atom is -1.00 e. The second-order valence-electron chi connectivity index (χ2n) is 4.62. The summed E-state index contributed by atoms with van der Waals surface area (Å²) in [6.45, 7) is 2.55. The Balaban J connectivity index is 0.00000133. The summed E-state index contributed by atoms with van der Waals surface area (Å²) < 4.78 is 7.32. The molecule has 100 valence electrons. The van der Waals surface area contributed by atoms with Gasteiger partial charge in [0.15, 0.2) is 18.9 Å². The van der Waals surface area contributed by atoms with Gasteiger partial charge in [0.25, 0.3) is 0 Å². The summed E-state index contributed by atoms with van der Waals surface area (Å²) in [5, 5.41) is 3.43. The van der Waals surface area contributed by atoms with E-state index in [1.807, 2.05) is 6.07 Å². The van der Waals surface area contributed by atoms with Gasteiger partial charge in [0.05, 0.1) is 19.3 Å². The summed E-state index contributed by atoms with van der Waals surface area (Å²) in [5.74, 6) is 0. The van der Waals surface area contributed by atoms with Crippen molar-refractivity contribution in [2.75, 3.05) is 18.5 Å². The van der Waals surface area contributed by atoms with Crippen molar-refractivity contribution in [3.8, 4) is 0 Å². The maximum Gasteiger partial charge on any atom is 0.173 e. The standard InChI is InChI=1S/C15H16N2O.ClH/c1-2-4-13(5-3-1)10-17-8-6-14(7-9-17)16-15-11-18-12-15;/h1-9,15H,10-12H2;1H. The zero-order valence-electron chi connectivity index (χ0n) is 10.6. The number of hydrogen-bond acceptors (Lipinski definition) is 2. The lowest BCUT2D eigenvalue weighted by molar-refractivity contribution is -0.688. The third-order valence-corrected chi connectivity index (χ3v) is 3.11. The summed E-state index contributed by atoms with van der Waals surface area (Å²) >= 11 is 0. The van der Waals surface area contributed by atoms with Crippen LogP contribution in [0.25, 0.3) is 0 Å². The Morgan fingerprint density at radius 1 is 1.05 bits per heavy atom. The number of rotatable bonds is 4. The average Bonchev–Trinajstić information content (AvgIpc) is 2.37. The molecule has 3 nitrogen and oxygen atoms in total. The van der Waals surface area contributed by atoms with Crippen LogP contribution in [-0.4, -0.2) is 19.3 Å². The lowest BCUT2D eigenvalue weighted by Crippen LogP contribution is -3.00. The molecule has 0 radical (unpaired) electrons. The van der Waals surface area contributed by atoms with Crippen LogP contribution in [0.4, 0.5) is 5.69 Å². The number of pyridine rings is 1. The van der Waals surface area contributed by atoms with Crippen molar-refractivity contribution < 1.29 is 21.7 Å². The Hall–Kier alpha value is -1.58. The van der Waals surface area contributed by atoms with Crippen LogP contribution >= 0.6 is 0 Å². The van der Waals surface area contributed by atoms with Crippen LogP contribution in [0.5, 0.6) is 0 Å². The van der Waals surface area contributed by atoms with E-state index < -0.39 is 0 Å². The number of nitrogens with zero attached hydrogens (tertiary/aromatic N) is 1. The van der Waals surface area contributed by atoms with E-state index in [1.54, 1.807) is 0 Å². The molecule has 1 N–H and O–H groups in total. The summed E-state index contributed by atoms with van der Waals surface area (Å²) in [7, 11) is 0. The van der Waals surface area contributed by atoms with Gasteiger partial charge >= 0.3 is 0 Å². The van der Waals surface area contributed by atoms with Crippen LogP contribution in [0.1, 0.15) is 5.56 Å². The second-order valence-corrected chi connectivity index (χ2v) is 4.62. The van der Waals surface area contributed by atoms with E-state index in [9.17, 15) is 0 Å². The van der Waals surface area contributed by atoms with Gasteiger partial charge in [0.1, 0.15) is 0 Å². The quantitative estimate of drug-likeness (QED) is 0.713. The van der Waals surface area contributed by atoms with Gasteiger partial charge in [-0.3, -0.25) is 0 Å². The van der Waals surface area contributed by atoms with E-state index in [1.165, 1.54) is 5.56 Å². The number of benzene rings is 1. The molecule has 0 aliphatic carbocycles. The van der Waals surface area contributed by atoms with E-state index in [0.717, 1.165) is 25.4 Å². The van der Waals surface area contributed by atoms with Crippen LogP contribution in [0.2, 0.25) is 0 Å². The van der Waals surface area contributed by atoms with Crippen molar-refractivity contribution in [3.05, 3.63) is 60.4 Å². The van der Waals surface area contributed by atoms with Gasteiger partial charge in [-0.15, -0.1) is 0 Å². The maximum atomic E-state index is 5.14. The highest BCUT2D eigenvalue weighted by Crippen LogP contribution is 2.10. The van der Waals surface area contributed by atoms with Crippen molar-refractivity contribution in [2.24, 2.45) is 0 Å². The largest absolute Gasteiger partial charge is 1.00 e. The fourth-order valence-corrected chi connectivity index (χ4v) is 2.01. The number of aromatic nitrogens is 1. The molecule has 1 aromatic carbocycles. The van der Waals surface area contributed by atoms with Gasteiger partial charge in [-0.05, 0) is 0 Å². The minimum atomic E-state index is 0. The van der Waals surface area contributed by atoms with Crippen LogP contribution < -0.4 is 22.3 Å². The summed E-state index contributed by atoms with van der Waals surface area (Å²) in [6.07, 6.45) is 4.21. The smallest absolute Gasteiger partial charge is 0.173 e. The number of anilines is 1. The van der Waals surface area contributed by atoms with Crippen molar-refractivity contribution >= 4 is 5.69 Å². The van der Waals surface area contributed by atoms with Crippen LogP contribution in [0.15, 0.2) is 54.9 Å². The highest BCUT2D eigenvalue weighted by atomic mass is 35.5. The molecule has 1 fully saturated rings. The number of nitrogens with one attached hydrogen (secondary N) is 1. The molecule has 0 amide bonds. The van der Waals surface area contributed by atoms with Crippen molar-refractivity contribution in [1.82, 2.24) is 0 Å². The zero-order chi connectivity index (χ0) is 12.2. The molecule has 1 aliphatic heterocycles. The third kappa shape index (κ3) is 3.69. The predicted molar refractivity (Wildman–Crippen MR) is 70.4 cm³/mol. The normalized spacial score (nSPS) is 14.3. The molecule has 0 saturated carbocycles. The minimum absolute atomic E-state index is 0. The van der Waals surface area contributed by atoms with Gasteiger partial charge < -0.3 is 22.5 Å². The Kier molecular flexibility index (Phi) is 4.77. The molecular formula is C15H17ClN2O. The first kappa shape index (κ1) is 13.8. The number of ether oxygens (including phenoxy) is 1. The Labute approximate surface area is 119 Å². The summed E-state index contributed by atoms with van der Waals surface area (Å²) in [6, 6.07) is 15.2. The molecule has 0 spiro atoms. The molecule has 1 saturated heterocycles. The van der Waals surface area contributed by atoms with Crippen LogP contribution in [0.3, 0.4) is 0 Å². The first-order valence-corrected chi connectivity index (χ1v) is 6.27. The Morgan fingerprint density at radius 2 is 1.74 bits per heavy atom. The van der Waals surface area contributed by atoms with Gasteiger partial charge in [-0.25, -0.2) is 4.57 Å². The molecule has 1 aliphatic rings. The first-order valence-electron chi connectivity index (χ1n) is 6.27. The van der Waals surface area contributed by atoms with Gasteiger partial charge in [0, 0.05) is 23.4 Å². The Morgan fingerprint density at radius 3 is 2.32 bits per heavy atom. The highest BCUT2D eigenvalue weighted by Gasteiger charge is 2.17. The van der Waals surface area contributed by atoms with Crippen molar-refractivity contribution in [1.29, 1.82) is 0 Å². The number of hydrogen-bond donors (Lipinski definition) is 1. The lowest BCUT2D eigenvalue weighted by atomic mass is 10.2. The SMILES string of the molecule is [Cl-].c1ccc(C[n+]2ccc(NC3COC3)cc2)cc1.